The van der Waals surface area contributed by atoms with Crippen LogP contribution in [0.1, 0.15) is 19.3 Å². The molecule has 3 heterocycles. The molecular weight excluding hydrogens is 431 g/mol. The van der Waals surface area contributed by atoms with E-state index < -0.39 is 12.1 Å². The maximum atomic E-state index is 11.9. The van der Waals surface area contributed by atoms with Gasteiger partial charge < -0.3 is 25.0 Å². The minimum Gasteiger partial charge on any atom is -0.475 e. The molecule has 12 heteroatoms. The predicted octanol–water partition coefficient (Wildman–Crippen LogP) is 1.54. The van der Waals surface area contributed by atoms with Gasteiger partial charge in [-0.2, -0.15) is 13.2 Å². The summed E-state index contributed by atoms with van der Waals surface area (Å²) in [4.78, 5) is 33.8. The molecule has 0 bridgehead atoms. The second-order valence-corrected chi connectivity index (χ2v) is 8.58. The number of carbonyl (C=O) groups is 2. The molecule has 1 aliphatic carbocycles. The molecule has 2 N–H and O–H groups in total. The largest absolute Gasteiger partial charge is 0.490 e. The molecule has 3 atom stereocenters. The summed E-state index contributed by atoms with van der Waals surface area (Å²) >= 11 is 0. The molecule has 2 aliphatic heterocycles. The molecule has 3 fully saturated rings. The summed E-state index contributed by atoms with van der Waals surface area (Å²) < 4.78 is 37.7. The van der Waals surface area contributed by atoms with Crippen LogP contribution in [0.2, 0.25) is 0 Å². The number of ether oxygens (including phenoxy) is 1. The van der Waals surface area contributed by atoms with Crippen molar-refractivity contribution in [3.05, 3.63) is 12.4 Å². The van der Waals surface area contributed by atoms with Crippen LogP contribution in [0.25, 0.3) is 0 Å². The molecule has 4 rings (SSSR count). The van der Waals surface area contributed by atoms with E-state index in [0.29, 0.717) is 24.2 Å². The number of nitrogens with one attached hydrogen (secondary N) is 1. The number of anilines is 2. The number of amides is 1. The highest BCUT2D eigenvalue weighted by Gasteiger charge is 2.44. The number of rotatable bonds is 6. The molecule has 0 spiro atoms. The van der Waals surface area contributed by atoms with Crippen molar-refractivity contribution in [1.29, 1.82) is 0 Å². The van der Waals surface area contributed by atoms with Gasteiger partial charge in [-0.25, -0.2) is 14.8 Å². The molecule has 1 aromatic rings. The molecule has 2 saturated heterocycles. The van der Waals surface area contributed by atoms with Crippen LogP contribution >= 0.6 is 0 Å². The van der Waals surface area contributed by atoms with Crippen molar-refractivity contribution in [3.8, 4) is 0 Å². The van der Waals surface area contributed by atoms with Crippen molar-refractivity contribution in [2.24, 2.45) is 17.8 Å². The van der Waals surface area contributed by atoms with Gasteiger partial charge in [-0.1, -0.05) is 0 Å². The lowest BCUT2D eigenvalue weighted by Gasteiger charge is -2.22. The molecule has 32 heavy (non-hydrogen) atoms. The molecule has 1 amide bonds. The van der Waals surface area contributed by atoms with Crippen LogP contribution in [0.15, 0.2) is 12.4 Å². The van der Waals surface area contributed by atoms with Crippen molar-refractivity contribution < 1.29 is 32.6 Å². The molecule has 1 saturated carbocycles. The maximum absolute atomic E-state index is 11.9. The summed E-state index contributed by atoms with van der Waals surface area (Å²) in [6.45, 7) is 3.27. The number of alkyl halides is 3. The average Bonchev–Trinajstić information content (AvgIpc) is 3.30. The monoisotopic (exact) mass is 459 g/mol. The summed E-state index contributed by atoms with van der Waals surface area (Å²) in [6.07, 6.45) is -0.0961. The number of halogens is 3. The van der Waals surface area contributed by atoms with Gasteiger partial charge in [0.1, 0.15) is 18.0 Å². The third-order valence-electron chi connectivity index (χ3n) is 5.83. The minimum absolute atomic E-state index is 0.201. The van der Waals surface area contributed by atoms with E-state index in [-0.39, 0.29) is 12.0 Å². The number of fused-ring (bicyclic) bond motifs is 1. The standard InChI is InChI=1S/C18H27N5O2.C2HF3O2/c1-22(2)16-6-17(21-11-20-16)23-8-14-13(10-25-15(14)9-23)7-19-18(24)5-12-3-4-12;3-2(4,5)1(6)7/h6,11-15H,3-5,7-10H2,1-2H3,(H,19,24);(H,6,7)/t13-,14-,15-;/m1./s1. The van der Waals surface area contributed by atoms with E-state index in [0.717, 1.165) is 37.9 Å². The zero-order chi connectivity index (χ0) is 23.5. The Kier molecular flexibility index (Phi) is 7.42. The first kappa shape index (κ1) is 24.0. The lowest BCUT2D eigenvalue weighted by Crippen LogP contribution is -2.34. The third-order valence-corrected chi connectivity index (χ3v) is 5.83. The highest BCUT2D eigenvalue weighted by molar-refractivity contribution is 5.76. The molecular formula is C20H28F3N5O4. The van der Waals surface area contributed by atoms with Gasteiger partial charge >= 0.3 is 12.1 Å². The minimum atomic E-state index is -5.08. The van der Waals surface area contributed by atoms with Gasteiger partial charge in [0.2, 0.25) is 5.91 Å². The molecule has 178 valence electrons. The van der Waals surface area contributed by atoms with E-state index >= 15 is 0 Å². The lowest BCUT2D eigenvalue weighted by molar-refractivity contribution is -0.192. The SMILES string of the molecule is CN(C)c1cc(N2C[C@@H]3[C@H](CNC(=O)CC4CC4)CO[C@@H]3C2)ncn1.O=C(O)C(F)(F)F. The van der Waals surface area contributed by atoms with Gasteiger partial charge in [0.25, 0.3) is 0 Å². The van der Waals surface area contributed by atoms with Crippen molar-refractivity contribution >= 4 is 23.5 Å². The molecule has 0 unspecified atom stereocenters. The van der Waals surface area contributed by atoms with E-state index in [1.807, 2.05) is 25.1 Å². The quantitative estimate of drug-likeness (QED) is 0.660. The first-order chi connectivity index (χ1) is 15.0. The van der Waals surface area contributed by atoms with Crippen LogP contribution < -0.4 is 15.1 Å². The van der Waals surface area contributed by atoms with Gasteiger partial charge in [0.15, 0.2) is 0 Å². The van der Waals surface area contributed by atoms with Crippen LogP contribution in [0.3, 0.4) is 0 Å². The van der Waals surface area contributed by atoms with Crippen LogP contribution in [-0.2, 0) is 14.3 Å². The van der Waals surface area contributed by atoms with Crippen molar-refractivity contribution in [3.63, 3.8) is 0 Å². The fourth-order valence-electron chi connectivity index (χ4n) is 3.85. The summed E-state index contributed by atoms with van der Waals surface area (Å²) in [6, 6.07) is 2.02. The molecule has 3 aliphatic rings. The molecule has 0 aromatic carbocycles. The Labute approximate surface area is 183 Å². The predicted molar refractivity (Wildman–Crippen MR) is 109 cm³/mol. The Bertz CT molecular complexity index is 819. The highest BCUT2D eigenvalue weighted by Crippen LogP contribution is 2.36. The van der Waals surface area contributed by atoms with Crippen molar-refractivity contribution in [2.75, 3.05) is 50.1 Å². The number of aliphatic carboxylic acids is 1. The smallest absolute Gasteiger partial charge is 0.475 e. The van der Waals surface area contributed by atoms with Crippen molar-refractivity contribution in [2.45, 2.75) is 31.5 Å². The number of carbonyl (C=O) groups excluding carboxylic acids is 1. The van der Waals surface area contributed by atoms with Gasteiger partial charge in [0.05, 0.1) is 12.7 Å². The Morgan fingerprint density at radius 3 is 2.56 bits per heavy atom. The summed E-state index contributed by atoms with van der Waals surface area (Å²) in [7, 11) is 3.96. The molecule has 9 nitrogen and oxygen atoms in total. The van der Waals surface area contributed by atoms with E-state index in [4.69, 9.17) is 14.6 Å². The fraction of sp³-hybridized carbons (Fsp3) is 0.700. The van der Waals surface area contributed by atoms with Gasteiger partial charge in [0, 0.05) is 58.1 Å². The second kappa shape index (κ2) is 9.88. The number of carboxylic acids is 1. The van der Waals surface area contributed by atoms with Crippen LogP contribution in [-0.4, -0.2) is 79.6 Å². The van der Waals surface area contributed by atoms with E-state index in [1.54, 1.807) is 6.33 Å². The topological polar surface area (TPSA) is 108 Å². The Hall–Kier alpha value is -2.63. The Morgan fingerprint density at radius 2 is 1.97 bits per heavy atom. The zero-order valence-electron chi connectivity index (χ0n) is 18.0. The molecule has 1 aromatic heterocycles. The van der Waals surface area contributed by atoms with E-state index in [1.165, 1.54) is 12.8 Å². The van der Waals surface area contributed by atoms with Gasteiger partial charge in [-0.15, -0.1) is 0 Å². The number of hydrogen-bond acceptors (Lipinski definition) is 7. The summed E-state index contributed by atoms with van der Waals surface area (Å²) in [5.74, 6) is 0.797. The van der Waals surface area contributed by atoms with Crippen LogP contribution in [0.5, 0.6) is 0 Å². The first-order valence-corrected chi connectivity index (χ1v) is 10.5. The number of nitrogens with zero attached hydrogens (tertiary/aromatic N) is 4. The highest BCUT2D eigenvalue weighted by atomic mass is 19.4. The Balaban J connectivity index is 0.000000360. The van der Waals surface area contributed by atoms with Crippen LogP contribution in [0.4, 0.5) is 24.8 Å². The first-order valence-electron chi connectivity index (χ1n) is 10.5. The van der Waals surface area contributed by atoms with Gasteiger partial charge in [-0.3, -0.25) is 4.79 Å². The van der Waals surface area contributed by atoms with Gasteiger partial charge in [-0.05, 0) is 18.8 Å². The number of aromatic nitrogens is 2. The summed E-state index contributed by atoms with van der Waals surface area (Å²) in [5, 5.41) is 10.2. The maximum Gasteiger partial charge on any atom is 0.490 e. The average molecular weight is 459 g/mol. The number of carboxylic acid groups (broad SMARTS) is 1. The fourth-order valence-corrected chi connectivity index (χ4v) is 3.85. The van der Waals surface area contributed by atoms with E-state index in [2.05, 4.69) is 20.2 Å². The van der Waals surface area contributed by atoms with Crippen molar-refractivity contribution in [1.82, 2.24) is 15.3 Å². The normalized spacial score (nSPS) is 24.4. The number of hydrogen-bond donors (Lipinski definition) is 2. The summed E-state index contributed by atoms with van der Waals surface area (Å²) in [5.41, 5.74) is 0. The zero-order valence-corrected chi connectivity index (χ0v) is 18.0. The van der Waals surface area contributed by atoms with E-state index in [9.17, 15) is 18.0 Å². The Morgan fingerprint density at radius 1 is 1.28 bits per heavy atom. The lowest BCUT2D eigenvalue weighted by atomic mass is 9.93. The molecule has 0 radical (unpaired) electrons. The third kappa shape index (κ3) is 6.44. The second-order valence-electron chi connectivity index (χ2n) is 8.58. The van der Waals surface area contributed by atoms with Crippen LogP contribution in [0, 0.1) is 17.8 Å².